The summed E-state index contributed by atoms with van der Waals surface area (Å²) in [4.78, 5) is 9.26. The highest BCUT2D eigenvalue weighted by Gasteiger charge is 2.27. The van der Waals surface area contributed by atoms with Crippen LogP contribution >= 0.6 is 0 Å². The van der Waals surface area contributed by atoms with Crippen molar-refractivity contribution in [3.63, 3.8) is 0 Å². The number of ether oxygens (including phenoxy) is 2. The average molecular weight is 746 g/mol. The first-order valence-corrected chi connectivity index (χ1v) is 18.9. The second kappa shape index (κ2) is 16.2. The van der Waals surface area contributed by atoms with E-state index in [2.05, 4.69) is 48.9 Å². The molecule has 7 rings (SSSR count). The third-order valence-corrected chi connectivity index (χ3v) is 9.37. The zero-order valence-electron chi connectivity index (χ0n) is 32.9. The monoisotopic (exact) mass is 745 g/mol. The number of hydrogen-bond donors (Lipinski definition) is 2. The quantitative estimate of drug-likeness (QED) is 0.119. The van der Waals surface area contributed by atoms with E-state index in [0.717, 1.165) is 57.8 Å². The number of benzene rings is 2. The Kier molecular flexibility index (Phi) is 11.5. The number of hydrogen-bond acceptors (Lipinski definition) is 9. The van der Waals surface area contributed by atoms with Gasteiger partial charge in [-0.3, -0.25) is 0 Å². The summed E-state index contributed by atoms with van der Waals surface area (Å²) in [5, 5.41) is 18.2. The van der Waals surface area contributed by atoms with Crippen LogP contribution in [-0.2, 0) is 0 Å². The average Bonchev–Trinajstić information content (AvgIpc) is 3.75. The summed E-state index contributed by atoms with van der Waals surface area (Å²) in [5.41, 5.74) is 19.0. The van der Waals surface area contributed by atoms with Gasteiger partial charge in [0.25, 0.3) is 0 Å². The van der Waals surface area contributed by atoms with Crippen LogP contribution < -0.4 is 20.9 Å². The Labute approximate surface area is 322 Å². The molecule has 1 saturated carbocycles. The highest BCUT2D eigenvalue weighted by atomic mass is 19.1. The molecule has 11 nitrogen and oxygen atoms in total. The minimum absolute atomic E-state index is 0.219. The number of nitrogens with zero attached hydrogens (tertiary/aromatic N) is 7. The minimum atomic E-state index is -0.494. The van der Waals surface area contributed by atoms with E-state index in [9.17, 15) is 9.65 Å². The number of aromatic nitrogens is 6. The van der Waals surface area contributed by atoms with Crippen LogP contribution in [0.15, 0.2) is 73.3 Å². The van der Waals surface area contributed by atoms with Crippen molar-refractivity contribution in [2.45, 2.75) is 91.1 Å². The van der Waals surface area contributed by atoms with Crippen LogP contribution in [0.1, 0.15) is 90.1 Å². The maximum absolute atomic E-state index is 14.7. The van der Waals surface area contributed by atoms with Crippen molar-refractivity contribution >= 4 is 11.3 Å². The molecule has 2 atom stereocenters. The summed E-state index contributed by atoms with van der Waals surface area (Å²) in [6, 6.07) is 16.6. The number of aryl methyl sites for hydroxylation is 1. The molecule has 0 aliphatic heterocycles. The van der Waals surface area contributed by atoms with Crippen LogP contribution in [0, 0.1) is 35.9 Å². The molecule has 0 bridgehead atoms. The lowest BCUT2D eigenvalue weighted by Crippen LogP contribution is -2.43. The van der Waals surface area contributed by atoms with Gasteiger partial charge in [-0.2, -0.15) is 15.5 Å². The van der Waals surface area contributed by atoms with Crippen LogP contribution in [0.3, 0.4) is 0 Å². The van der Waals surface area contributed by atoms with Crippen molar-refractivity contribution < 1.29 is 13.9 Å². The molecule has 0 radical (unpaired) electrons. The van der Waals surface area contributed by atoms with Gasteiger partial charge in [-0.05, 0) is 106 Å². The third-order valence-electron chi connectivity index (χ3n) is 9.37. The molecule has 2 aromatic carbocycles. The molecule has 0 spiro atoms. The lowest BCUT2D eigenvalue weighted by Gasteiger charge is -2.26. The van der Waals surface area contributed by atoms with Crippen LogP contribution in [-0.4, -0.2) is 53.5 Å². The van der Waals surface area contributed by atoms with Crippen molar-refractivity contribution in [3.8, 4) is 39.8 Å². The lowest BCUT2D eigenvalue weighted by molar-refractivity contribution is 0.200. The Morgan fingerprint density at radius 3 is 1.87 bits per heavy atom. The molecule has 4 heterocycles. The zero-order valence-corrected chi connectivity index (χ0v) is 32.9. The number of imidazole rings is 2. The van der Waals surface area contributed by atoms with Gasteiger partial charge in [-0.1, -0.05) is 39.8 Å². The number of nitriles is 1. The molecular weight excluding hydrogens is 694 g/mol. The molecular formula is C43H52FN9O2. The summed E-state index contributed by atoms with van der Waals surface area (Å²) in [6.07, 6.45) is 11.3. The molecule has 6 aromatic rings. The van der Waals surface area contributed by atoms with E-state index >= 15 is 0 Å². The Hall–Kier alpha value is -5.38. The number of nitrogens with two attached hydrogens (primary N) is 2. The first kappa shape index (κ1) is 39.3. The van der Waals surface area contributed by atoms with Crippen molar-refractivity contribution in [2.75, 3.05) is 13.2 Å². The van der Waals surface area contributed by atoms with E-state index in [1.54, 1.807) is 27.5 Å². The van der Waals surface area contributed by atoms with Crippen molar-refractivity contribution in [1.82, 2.24) is 29.2 Å². The molecule has 55 heavy (non-hydrogen) atoms. The number of rotatable bonds is 13. The Bertz CT molecular complexity index is 2310. The summed E-state index contributed by atoms with van der Waals surface area (Å²) in [6.45, 7) is 15.0. The van der Waals surface area contributed by atoms with Gasteiger partial charge in [-0.25, -0.2) is 23.4 Å². The first-order valence-electron chi connectivity index (χ1n) is 18.9. The molecule has 288 valence electrons. The van der Waals surface area contributed by atoms with Gasteiger partial charge in [0.05, 0.1) is 29.3 Å². The third kappa shape index (κ3) is 9.84. The van der Waals surface area contributed by atoms with E-state index in [4.69, 9.17) is 25.9 Å². The number of fused-ring (bicyclic) bond motifs is 2. The van der Waals surface area contributed by atoms with Crippen LogP contribution in [0.2, 0.25) is 0 Å². The van der Waals surface area contributed by atoms with Gasteiger partial charge in [-0.15, -0.1) is 0 Å². The van der Waals surface area contributed by atoms with Crippen LogP contribution in [0.4, 0.5) is 4.39 Å². The zero-order chi connectivity index (χ0) is 39.5. The SMILES string of the molecule is CC(C)C[C@](C)(N)COc1ccc(-c2ccnn3cc(C4CC4)nc23)cc1F.Cc1cn2nccc(-c3ccc(OC[C@@](C)(N)CC(C)C)c(C#N)c3)c2n1. The van der Waals surface area contributed by atoms with E-state index in [1.807, 2.05) is 69.6 Å². The summed E-state index contributed by atoms with van der Waals surface area (Å²) < 4.78 is 29.8. The standard InChI is InChI=1S/C22H27FN4O.C21H25N5O/c1-14(2)11-22(3,24)13-28-20-7-6-16(10-18(20)23)17-8-9-25-27-12-19(15-4-5-15)26-21(17)27;1-14(2)10-21(4,23)13-27-19-6-5-16(9-17(19)11-22)18-7-8-24-26-12-15(3)25-20(18)26/h6-10,12,14-15H,4-5,11,13,24H2,1-3H3;5-9,12,14H,10,13,23H2,1-4H3/t22-;21-/m00/s1. The smallest absolute Gasteiger partial charge is 0.165 e. The molecule has 0 saturated heterocycles. The summed E-state index contributed by atoms with van der Waals surface area (Å²) >= 11 is 0. The van der Waals surface area contributed by atoms with E-state index in [1.165, 1.54) is 18.9 Å². The second-order valence-electron chi connectivity index (χ2n) is 16.4. The molecule has 4 N–H and O–H groups in total. The normalized spacial score (nSPS) is 15.0. The van der Waals surface area contributed by atoms with Gasteiger partial charge in [0, 0.05) is 40.5 Å². The van der Waals surface area contributed by atoms with E-state index < -0.39 is 16.9 Å². The van der Waals surface area contributed by atoms with Crippen molar-refractivity contribution in [1.29, 1.82) is 5.26 Å². The molecule has 4 aromatic heterocycles. The van der Waals surface area contributed by atoms with Gasteiger partial charge in [0.1, 0.15) is 25.0 Å². The highest BCUT2D eigenvalue weighted by molar-refractivity contribution is 5.79. The largest absolute Gasteiger partial charge is 0.490 e. The van der Waals surface area contributed by atoms with Gasteiger partial charge in [0.15, 0.2) is 22.9 Å². The minimum Gasteiger partial charge on any atom is -0.490 e. The van der Waals surface area contributed by atoms with Crippen molar-refractivity contribution in [3.05, 3.63) is 96.1 Å². The van der Waals surface area contributed by atoms with Gasteiger partial charge < -0.3 is 20.9 Å². The molecule has 12 heteroatoms. The molecule has 1 aliphatic carbocycles. The maximum atomic E-state index is 14.7. The maximum Gasteiger partial charge on any atom is 0.165 e. The fourth-order valence-corrected chi connectivity index (χ4v) is 7.12. The van der Waals surface area contributed by atoms with Crippen LogP contribution in [0.25, 0.3) is 33.5 Å². The Morgan fingerprint density at radius 1 is 0.800 bits per heavy atom. The van der Waals surface area contributed by atoms with Gasteiger partial charge in [0.2, 0.25) is 0 Å². The van der Waals surface area contributed by atoms with Crippen molar-refractivity contribution in [2.24, 2.45) is 23.3 Å². The second-order valence-corrected chi connectivity index (χ2v) is 16.4. The Balaban J connectivity index is 0.000000187. The number of halogens is 1. The predicted molar refractivity (Wildman–Crippen MR) is 213 cm³/mol. The lowest BCUT2D eigenvalue weighted by atomic mass is 9.93. The summed E-state index contributed by atoms with van der Waals surface area (Å²) in [5.74, 6) is 1.84. The van der Waals surface area contributed by atoms with Gasteiger partial charge >= 0.3 is 0 Å². The first-order chi connectivity index (χ1) is 26.1. The summed E-state index contributed by atoms with van der Waals surface area (Å²) in [7, 11) is 0. The highest BCUT2D eigenvalue weighted by Crippen LogP contribution is 2.40. The molecule has 0 amide bonds. The van der Waals surface area contributed by atoms with E-state index in [-0.39, 0.29) is 12.4 Å². The fraction of sp³-hybridized carbons (Fsp3) is 0.419. The molecule has 1 aliphatic rings. The van der Waals surface area contributed by atoms with Crippen LogP contribution in [0.5, 0.6) is 11.5 Å². The molecule has 1 fully saturated rings. The molecule has 0 unspecified atom stereocenters. The topological polar surface area (TPSA) is 155 Å². The van der Waals surface area contributed by atoms with E-state index in [0.29, 0.717) is 35.7 Å². The Morgan fingerprint density at radius 2 is 1.33 bits per heavy atom. The fourth-order valence-electron chi connectivity index (χ4n) is 7.12. The predicted octanol–water partition coefficient (Wildman–Crippen LogP) is 8.27.